The molecule has 0 saturated heterocycles. The maximum absolute atomic E-state index is 8.78. The molecule has 0 saturated carbocycles. The van der Waals surface area contributed by atoms with E-state index in [0.29, 0.717) is 6.61 Å². The molecule has 0 aliphatic rings. The Hall–Kier alpha value is -0.380. The van der Waals surface area contributed by atoms with Crippen LogP contribution in [0.3, 0.4) is 0 Å². The standard InChI is InChI=1S/C12H24O3/c1-2-3-4-5-6-7-8-15-11-12(9-13)10-14/h2,12-14H,1,3-11H2. The number of allylic oxidation sites excluding steroid dienone is 1. The van der Waals surface area contributed by atoms with Gasteiger partial charge in [0.25, 0.3) is 0 Å². The summed E-state index contributed by atoms with van der Waals surface area (Å²) in [5.74, 6) is -0.120. The average molecular weight is 216 g/mol. The fourth-order valence-electron chi connectivity index (χ4n) is 1.26. The van der Waals surface area contributed by atoms with Gasteiger partial charge in [0.1, 0.15) is 0 Å². The molecule has 0 aliphatic heterocycles. The molecule has 0 amide bonds. The molecule has 0 aromatic rings. The fourth-order valence-corrected chi connectivity index (χ4v) is 1.26. The molecule has 0 bridgehead atoms. The van der Waals surface area contributed by atoms with Crippen LogP contribution >= 0.6 is 0 Å². The zero-order chi connectivity index (χ0) is 11.4. The summed E-state index contributed by atoms with van der Waals surface area (Å²) in [6.45, 7) is 4.85. The lowest BCUT2D eigenvalue weighted by molar-refractivity contribution is 0.0436. The van der Waals surface area contributed by atoms with Crippen molar-refractivity contribution in [1.82, 2.24) is 0 Å². The Balaban J connectivity index is 3.07. The third-order valence-electron chi connectivity index (χ3n) is 2.32. The summed E-state index contributed by atoms with van der Waals surface area (Å²) in [6, 6.07) is 0. The third kappa shape index (κ3) is 9.91. The Bertz CT molecular complexity index is 133. The fraction of sp³-hybridized carbons (Fsp3) is 0.833. The van der Waals surface area contributed by atoms with Gasteiger partial charge in [0.05, 0.1) is 19.8 Å². The topological polar surface area (TPSA) is 49.7 Å². The summed E-state index contributed by atoms with van der Waals surface area (Å²) in [4.78, 5) is 0. The van der Waals surface area contributed by atoms with Crippen molar-refractivity contribution in [2.24, 2.45) is 5.92 Å². The van der Waals surface area contributed by atoms with Crippen LogP contribution in [0.2, 0.25) is 0 Å². The predicted molar refractivity (Wildman–Crippen MR) is 61.8 cm³/mol. The van der Waals surface area contributed by atoms with Gasteiger partial charge in [-0.05, 0) is 19.3 Å². The molecule has 2 N–H and O–H groups in total. The van der Waals surface area contributed by atoms with E-state index in [0.717, 1.165) is 19.4 Å². The van der Waals surface area contributed by atoms with E-state index >= 15 is 0 Å². The zero-order valence-corrected chi connectivity index (χ0v) is 9.53. The van der Waals surface area contributed by atoms with E-state index in [2.05, 4.69) is 6.58 Å². The molecular formula is C12H24O3. The minimum atomic E-state index is -0.120. The zero-order valence-electron chi connectivity index (χ0n) is 9.53. The molecule has 0 aromatic heterocycles. The molecule has 0 rings (SSSR count). The van der Waals surface area contributed by atoms with E-state index < -0.39 is 0 Å². The van der Waals surface area contributed by atoms with E-state index in [1.54, 1.807) is 0 Å². The lowest BCUT2D eigenvalue weighted by Crippen LogP contribution is -2.18. The van der Waals surface area contributed by atoms with Crippen LogP contribution < -0.4 is 0 Å². The number of rotatable bonds is 11. The van der Waals surface area contributed by atoms with Crippen LogP contribution in [-0.2, 0) is 4.74 Å². The van der Waals surface area contributed by atoms with Crippen molar-refractivity contribution >= 4 is 0 Å². The second-order valence-corrected chi connectivity index (χ2v) is 3.80. The van der Waals surface area contributed by atoms with Crippen LogP contribution in [0, 0.1) is 5.92 Å². The van der Waals surface area contributed by atoms with Crippen molar-refractivity contribution in [1.29, 1.82) is 0 Å². The van der Waals surface area contributed by atoms with Gasteiger partial charge >= 0.3 is 0 Å². The summed E-state index contributed by atoms with van der Waals surface area (Å²) in [5, 5.41) is 17.6. The molecule has 15 heavy (non-hydrogen) atoms. The van der Waals surface area contributed by atoms with E-state index in [1.807, 2.05) is 6.08 Å². The monoisotopic (exact) mass is 216 g/mol. The van der Waals surface area contributed by atoms with Gasteiger partial charge in [-0.25, -0.2) is 0 Å². The quantitative estimate of drug-likeness (QED) is 0.408. The summed E-state index contributed by atoms with van der Waals surface area (Å²) < 4.78 is 5.34. The molecule has 0 atom stereocenters. The van der Waals surface area contributed by atoms with Gasteiger partial charge in [-0.2, -0.15) is 0 Å². The lowest BCUT2D eigenvalue weighted by Gasteiger charge is -2.10. The van der Waals surface area contributed by atoms with Crippen molar-refractivity contribution in [2.45, 2.75) is 32.1 Å². The van der Waals surface area contributed by atoms with Crippen LogP contribution in [0.5, 0.6) is 0 Å². The number of hydrogen-bond acceptors (Lipinski definition) is 3. The molecule has 0 unspecified atom stereocenters. The van der Waals surface area contributed by atoms with E-state index in [-0.39, 0.29) is 19.1 Å². The van der Waals surface area contributed by atoms with Crippen LogP contribution in [0.1, 0.15) is 32.1 Å². The van der Waals surface area contributed by atoms with Gasteiger partial charge in [0, 0.05) is 12.5 Å². The van der Waals surface area contributed by atoms with Crippen molar-refractivity contribution in [2.75, 3.05) is 26.4 Å². The van der Waals surface area contributed by atoms with Crippen LogP contribution in [0.4, 0.5) is 0 Å². The molecule has 0 radical (unpaired) electrons. The van der Waals surface area contributed by atoms with Crippen molar-refractivity contribution in [3.8, 4) is 0 Å². The van der Waals surface area contributed by atoms with Crippen molar-refractivity contribution in [3.63, 3.8) is 0 Å². The molecule has 3 heteroatoms. The molecule has 90 valence electrons. The summed E-state index contributed by atoms with van der Waals surface area (Å²) in [5.41, 5.74) is 0. The normalized spacial score (nSPS) is 10.9. The van der Waals surface area contributed by atoms with Gasteiger partial charge < -0.3 is 14.9 Å². The van der Waals surface area contributed by atoms with Gasteiger partial charge in [0.15, 0.2) is 0 Å². The van der Waals surface area contributed by atoms with Crippen molar-refractivity contribution in [3.05, 3.63) is 12.7 Å². The summed E-state index contributed by atoms with van der Waals surface area (Å²) in [7, 11) is 0. The number of ether oxygens (including phenoxy) is 1. The Morgan fingerprint density at radius 3 is 2.33 bits per heavy atom. The molecule has 3 nitrogen and oxygen atoms in total. The number of aliphatic hydroxyl groups is 2. The van der Waals surface area contributed by atoms with Gasteiger partial charge in [-0.3, -0.25) is 0 Å². The largest absolute Gasteiger partial charge is 0.396 e. The minimum absolute atomic E-state index is 0.00413. The highest BCUT2D eigenvalue weighted by Gasteiger charge is 2.04. The predicted octanol–water partition coefficient (Wildman–Crippen LogP) is 1.74. The second kappa shape index (κ2) is 11.7. The first-order valence-corrected chi connectivity index (χ1v) is 5.75. The van der Waals surface area contributed by atoms with Crippen molar-refractivity contribution < 1.29 is 14.9 Å². The minimum Gasteiger partial charge on any atom is -0.396 e. The van der Waals surface area contributed by atoms with Crippen LogP contribution in [0.15, 0.2) is 12.7 Å². The molecular weight excluding hydrogens is 192 g/mol. The number of aliphatic hydroxyl groups excluding tert-OH is 2. The number of unbranched alkanes of at least 4 members (excludes halogenated alkanes) is 4. The first-order chi connectivity index (χ1) is 7.35. The Labute approximate surface area is 92.8 Å². The molecule has 0 aliphatic carbocycles. The maximum atomic E-state index is 8.78. The first kappa shape index (κ1) is 14.6. The lowest BCUT2D eigenvalue weighted by atomic mass is 10.1. The molecule has 0 heterocycles. The summed E-state index contributed by atoms with van der Waals surface area (Å²) in [6.07, 6.45) is 7.71. The highest BCUT2D eigenvalue weighted by Crippen LogP contribution is 2.04. The smallest absolute Gasteiger partial charge is 0.0538 e. The van der Waals surface area contributed by atoms with E-state index in [1.165, 1.54) is 19.3 Å². The highest BCUT2D eigenvalue weighted by molar-refractivity contribution is 4.65. The molecule has 0 fully saturated rings. The SMILES string of the molecule is C=CCCCCCCOCC(CO)CO. The summed E-state index contributed by atoms with van der Waals surface area (Å²) >= 11 is 0. The maximum Gasteiger partial charge on any atom is 0.0538 e. The third-order valence-corrected chi connectivity index (χ3v) is 2.32. The Morgan fingerprint density at radius 1 is 1.07 bits per heavy atom. The number of hydrogen-bond donors (Lipinski definition) is 2. The Morgan fingerprint density at radius 2 is 1.73 bits per heavy atom. The highest BCUT2D eigenvalue weighted by atomic mass is 16.5. The first-order valence-electron chi connectivity index (χ1n) is 5.75. The molecule has 0 aromatic carbocycles. The van der Waals surface area contributed by atoms with E-state index in [4.69, 9.17) is 14.9 Å². The molecule has 0 spiro atoms. The van der Waals surface area contributed by atoms with Gasteiger partial charge in [-0.15, -0.1) is 6.58 Å². The average Bonchev–Trinajstić information content (AvgIpc) is 2.27. The van der Waals surface area contributed by atoms with Gasteiger partial charge in [0.2, 0.25) is 0 Å². The van der Waals surface area contributed by atoms with Crippen LogP contribution in [0.25, 0.3) is 0 Å². The second-order valence-electron chi connectivity index (χ2n) is 3.80. The van der Waals surface area contributed by atoms with Gasteiger partial charge in [-0.1, -0.05) is 18.9 Å². The van der Waals surface area contributed by atoms with E-state index in [9.17, 15) is 0 Å². The Kier molecular flexibility index (Phi) is 11.4. The van der Waals surface area contributed by atoms with Crippen LogP contribution in [-0.4, -0.2) is 36.6 Å².